The van der Waals surface area contributed by atoms with Crippen LogP contribution in [0.25, 0.3) is 16.0 Å². The number of ether oxygens (including phenoxy) is 2. The van der Waals surface area contributed by atoms with Crippen LogP contribution in [-0.4, -0.2) is 35.5 Å². The smallest absolute Gasteiger partial charge is 0.301 e. The Morgan fingerprint density at radius 3 is 2.28 bits per heavy atom. The average molecular weight is 543 g/mol. The molecule has 1 fully saturated rings. The van der Waals surface area contributed by atoms with E-state index in [2.05, 4.69) is 20.8 Å². The third kappa shape index (κ3) is 4.88. The topological polar surface area (TPSA) is 89.0 Å². The number of Topliss-reactive ketones (excluding diaryl/α,β-unsaturated/α-hetero) is 1. The molecule has 1 aromatic heterocycles. The van der Waals surface area contributed by atoms with Crippen LogP contribution in [0.1, 0.15) is 50.4 Å². The van der Waals surface area contributed by atoms with Crippen LogP contribution in [0.4, 0.5) is 5.13 Å². The van der Waals surface area contributed by atoms with Gasteiger partial charge in [0.15, 0.2) is 5.13 Å². The molecule has 3 aromatic carbocycles. The van der Waals surface area contributed by atoms with Crippen LogP contribution in [0.2, 0.25) is 0 Å². The van der Waals surface area contributed by atoms with Gasteiger partial charge in [-0.2, -0.15) is 0 Å². The molecule has 1 atom stereocenters. The van der Waals surface area contributed by atoms with E-state index < -0.39 is 17.7 Å². The van der Waals surface area contributed by atoms with Crippen LogP contribution in [-0.2, 0) is 15.0 Å². The van der Waals surface area contributed by atoms with Gasteiger partial charge in [0.25, 0.3) is 5.78 Å². The van der Waals surface area contributed by atoms with E-state index in [1.807, 2.05) is 49.4 Å². The number of nitrogens with zero attached hydrogens (tertiary/aromatic N) is 2. The first kappa shape index (κ1) is 26.4. The molecule has 0 spiro atoms. The number of fused-ring (bicyclic) bond motifs is 1. The normalized spacial score (nSPS) is 17.2. The molecule has 1 amide bonds. The minimum atomic E-state index is -0.854. The van der Waals surface area contributed by atoms with Crippen LogP contribution >= 0.6 is 11.3 Å². The summed E-state index contributed by atoms with van der Waals surface area (Å²) in [6.45, 7) is 8.80. The highest BCUT2D eigenvalue weighted by Crippen LogP contribution is 2.45. The quantitative estimate of drug-likeness (QED) is 0.167. The molecule has 1 saturated heterocycles. The number of thiazole rings is 1. The van der Waals surface area contributed by atoms with Crippen LogP contribution in [0.5, 0.6) is 11.5 Å². The number of aromatic nitrogens is 1. The van der Waals surface area contributed by atoms with Gasteiger partial charge in [-0.3, -0.25) is 14.5 Å². The van der Waals surface area contributed by atoms with Crippen LogP contribution in [0.15, 0.2) is 72.3 Å². The first-order chi connectivity index (χ1) is 18.6. The molecule has 39 heavy (non-hydrogen) atoms. The molecular formula is C31H30N2O5S. The summed E-state index contributed by atoms with van der Waals surface area (Å²) in [5.74, 6) is -0.428. The Hall–Kier alpha value is -4.17. The van der Waals surface area contributed by atoms with E-state index in [4.69, 9.17) is 14.5 Å². The lowest BCUT2D eigenvalue weighted by Crippen LogP contribution is -2.29. The number of ketones is 1. The highest BCUT2D eigenvalue weighted by atomic mass is 32.1. The Balaban J connectivity index is 1.68. The number of hydrogen-bond acceptors (Lipinski definition) is 7. The zero-order valence-corrected chi connectivity index (χ0v) is 23.3. The Bertz CT molecular complexity index is 1580. The van der Waals surface area contributed by atoms with Crippen LogP contribution < -0.4 is 14.4 Å². The molecule has 2 heterocycles. The van der Waals surface area contributed by atoms with Crippen molar-refractivity contribution in [3.8, 4) is 11.5 Å². The number of amides is 1. The molecule has 1 aliphatic heterocycles. The number of carbonyl (C=O) groups is 2. The van der Waals surface area contributed by atoms with Crippen molar-refractivity contribution in [2.45, 2.75) is 39.2 Å². The minimum Gasteiger partial charge on any atom is -0.507 e. The molecule has 0 radical (unpaired) electrons. The van der Waals surface area contributed by atoms with Crippen molar-refractivity contribution < 1.29 is 24.2 Å². The van der Waals surface area contributed by atoms with Crippen molar-refractivity contribution in [2.75, 3.05) is 18.6 Å². The zero-order chi connectivity index (χ0) is 27.9. The van der Waals surface area contributed by atoms with Crippen LogP contribution in [0.3, 0.4) is 0 Å². The molecule has 0 bridgehead atoms. The molecule has 5 rings (SSSR count). The van der Waals surface area contributed by atoms with Crippen molar-refractivity contribution in [1.82, 2.24) is 4.98 Å². The fraction of sp³-hybridized carbons (Fsp3) is 0.258. The summed E-state index contributed by atoms with van der Waals surface area (Å²) in [7, 11) is 1.55. The number of aliphatic hydroxyl groups excluding tert-OH is 1. The molecule has 0 aliphatic carbocycles. The van der Waals surface area contributed by atoms with Crippen molar-refractivity contribution >= 4 is 44.1 Å². The highest BCUT2D eigenvalue weighted by Gasteiger charge is 2.48. The lowest BCUT2D eigenvalue weighted by Gasteiger charge is -2.24. The summed E-state index contributed by atoms with van der Waals surface area (Å²) >= 11 is 1.30. The predicted molar refractivity (Wildman–Crippen MR) is 154 cm³/mol. The SMILES string of the molecule is CCOc1ccc2nc(N3C(=O)C(=O)/C(=C(/O)c4ccc(OC)cc4)C3c3ccc(C(C)(C)C)cc3)sc2c1. The van der Waals surface area contributed by atoms with Gasteiger partial charge in [-0.1, -0.05) is 56.4 Å². The van der Waals surface area contributed by atoms with Crippen LogP contribution in [0, 0.1) is 0 Å². The fourth-order valence-electron chi connectivity index (χ4n) is 4.67. The van der Waals surface area contributed by atoms with E-state index >= 15 is 0 Å². The standard InChI is InChI=1S/C31H30N2O5S/c1-6-38-22-15-16-23-24(17-22)39-30(32-23)33-26(18-7-11-20(12-8-18)31(2,3)4)25(28(35)29(33)36)27(34)19-9-13-21(37-5)14-10-19/h7-17,26,34H,6H2,1-5H3/b27-25+. The molecule has 1 N–H and O–H groups in total. The summed E-state index contributed by atoms with van der Waals surface area (Å²) < 4.78 is 11.7. The lowest BCUT2D eigenvalue weighted by molar-refractivity contribution is -0.132. The maximum Gasteiger partial charge on any atom is 0.301 e. The number of aliphatic hydroxyl groups is 1. The molecular weight excluding hydrogens is 512 g/mol. The van der Waals surface area contributed by atoms with Crippen molar-refractivity contribution in [3.05, 3.63) is 89.0 Å². The summed E-state index contributed by atoms with van der Waals surface area (Å²) in [5, 5.41) is 11.8. The third-order valence-corrected chi connectivity index (χ3v) is 7.78. The van der Waals surface area contributed by atoms with E-state index in [9.17, 15) is 14.7 Å². The Morgan fingerprint density at radius 1 is 1.00 bits per heavy atom. The second-order valence-electron chi connectivity index (χ2n) is 10.3. The van der Waals surface area contributed by atoms with Gasteiger partial charge in [0.05, 0.1) is 35.5 Å². The van der Waals surface area contributed by atoms with Gasteiger partial charge < -0.3 is 14.6 Å². The second-order valence-corrected chi connectivity index (χ2v) is 11.3. The Morgan fingerprint density at radius 2 is 1.67 bits per heavy atom. The average Bonchev–Trinajstić information content (AvgIpc) is 3.45. The number of hydrogen-bond donors (Lipinski definition) is 1. The number of benzene rings is 3. The van der Waals surface area contributed by atoms with E-state index in [1.165, 1.54) is 16.2 Å². The molecule has 4 aromatic rings. The van der Waals surface area contributed by atoms with Gasteiger partial charge in [0.2, 0.25) is 0 Å². The van der Waals surface area contributed by atoms with E-state index in [-0.39, 0.29) is 16.7 Å². The highest BCUT2D eigenvalue weighted by molar-refractivity contribution is 7.22. The zero-order valence-electron chi connectivity index (χ0n) is 22.5. The number of rotatable bonds is 6. The largest absolute Gasteiger partial charge is 0.507 e. The number of methoxy groups -OCH3 is 1. The van der Waals surface area contributed by atoms with Gasteiger partial charge >= 0.3 is 5.91 Å². The Kier molecular flexibility index (Phi) is 6.91. The molecule has 1 unspecified atom stereocenters. The van der Waals surface area contributed by atoms with Gasteiger partial charge in [-0.15, -0.1) is 0 Å². The predicted octanol–water partition coefficient (Wildman–Crippen LogP) is 6.63. The third-order valence-electron chi connectivity index (χ3n) is 6.77. The Labute approximate surface area is 231 Å². The summed E-state index contributed by atoms with van der Waals surface area (Å²) in [4.78, 5) is 33.2. The first-order valence-electron chi connectivity index (χ1n) is 12.7. The van der Waals surface area contributed by atoms with Crippen molar-refractivity contribution in [3.63, 3.8) is 0 Å². The van der Waals surface area contributed by atoms with E-state index in [0.717, 1.165) is 10.3 Å². The monoisotopic (exact) mass is 542 g/mol. The number of carbonyl (C=O) groups excluding carboxylic acids is 2. The van der Waals surface area contributed by atoms with Gasteiger partial charge in [0.1, 0.15) is 17.3 Å². The maximum atomic E-state index is 13.6. The van der Waals surface area contributed by atoms with Crippen molar-refractivity contribution in [2.24, 2.45) is 0 Å². The van der Waals surface area contributed by atoms with E-state index in [0.29, 0.717) is 39.9 Å². The second kappa shape index (κ2) is 10.2. The molecule has 8 heteroatoms. The summed E-state index contributed by atoms with van der Waals surface area (Å²) in [5.41, 5.74) is 2.86. The molecule has 7 nitrogen and oxygen atoms in total. The molecule has 200 valence electrons. The van der Waals surface area contributed by atoms with Gasteiger partial charge in [-0.25, -0.2) is 4.98 Å². The number of anilines is 1. The molecule has 1 aliphatic rings. The first-order valence-corrected chi connectivity index (χ1v) is 13.5. The summed E-state index contributed by atoms with van der Waals surface area (Å²) in [6, 6.07) is 19.2. The van der Waals surface area contributed by atoms with Gasteiger partial charge in [-0.05, 0) is 65.9 Å². The van der Waals surface area contributed by atoms with Gasteiger partial charge in [0, 0.05) is 5.56 Å². The van der Waals surface area contributed by atoms with E-state index in [1.54, 1.807) is 31.4 Å². The fourth-order valence-corrected chi connectivity index (χ4v) is 5.69. The minimum absolute atomic E-state index is 0.0166. The van der Waals surface area contributed by atoms with Crippen molar-refractivity contribution in [1.29, 1.82) is 0 Å². The maximum absolute atomic E-state index is 13.6. The summed E-state index contributed by atoms with van der Waals surface area (Å²) in [6.07, 6.45) is 0. The molecule has 0 saturated carbocycles. The lowest BCUT2D eigenvalue weighted by atomic mass is 9.85.